The van der Waals surface area contributed by atoms with Gasteiger partial charge in [0.05, 0.1) is 12.1 Å². The van der Waals surface area contributed by atoms with Gasteiger partial charge in [-0.2, -0.15) is 0 Å². The highest BCUT2D eigenvalue weighted by Gasteiger charge is 2.21. The summed E-state index contributed by atoms with van der Waals surface area (Å²) in [6.07, 6.45) is -0.184. The third-order valence-corrected chi connectivity index (χ3v) is 4.42. The molecule has 0 fully saturated rings. The molecule has 1 N–H and O–H groups in total. The Bertz CT molecular complexity index is 759. The molecular weight excluding hydrogens is 326 g/mol. The van der Waals surface area contributed by atoms with E-state index in [0.29, 0.717) is 5.69 Å². The Morgan fingerprint density at radius 3 is 2.62 bits per heavy atom. The van der Waals surface area contributed by atoms with Crippen molar-refractivity contribution in [3.8, 4) is 5.75 Å². The SMILES string of the molecule is Cc1cccc(C(C)(C)C)c1OCC(=O)c1nc(CC(=O)O)cs1. The van der Waals surface area contributed by atoms with Crippen molar-refractivity contribution in [2.24, 2.45) is 0 Å². The number of aryl methyl sites for hydroxylation is 1. The van der Waals surface area contributed by atoms with Crippen LogP contribution in [0, 0.1) is 6.92 Å². The van der Waals surface area contributed by atoms with Crippen LogP contribution in [-0.4, -0.2) is 28.4 Å². The van der Waals surface area contributed by atoms with Crippen LogP contribution in [0.4, 0.5) is 0 Å². The number of hydrogen-bond donors (Lipinski definition) is 1. The Balaban J connectivity index is 2.12. The number of carbonyl (C=O) groups excluding carboxylic acids is 1. The number of ether oxygens (including phenoxy) is 1. The number of carbonyl (C=O) groups is 2. The van der Waals surface area contributed by atoms with Gasteiger partial charge in [0.1, 0.15) is 5.75 Å². The van der Waals surface area contributed by atoms with E-state index in [1.807, 2.05) is 25.1 Å². The average Bonchev–Trinajstić information content (AvgIpc) is 2.92. The van der Waals surface area contributed by atoms with E-state index in [4.69, 9.17) is 9.84 Å². The molecule has 2 rings (SSSR count). The molecule has 0 amide bonds. The van der Waals surface area contributed by atoms with Gasteiger partial charge in [-0.05, 0) is 23.5 Å². The average molecular weight is 347 g/mol. The molecule has 0 aliphatic rings. The number of ketones is 1. The zero-order valence-corrected chi connectivity index (χ0v) is 15.1. The summed E-state index contributed by atoms with van der Waals surface area (Å²) in [5, 5.41) is 10.6. The van der Waals surface area contributed by atoms with Crippen molar-refractivity contribution in [3.05, 3.63) is 45.4 Å². The van der Waals surface area contributed by atoms with Gasteiger partial charge in [-0.3, -0.25) is 9.59 Å². The van der Waals surface area contributed by atoms with Crippen molar-refractivity contribution in [3.63, 3.8) is 0 Å². The highest BCUT2D eigenvalue weighted by atomic mass is 32.1. The summed E-state index contributed by atoms with van der Waals surface area (Å²) >= 11 is 1.14. The first-order valence-corrected chi connectivity index (χ1v) is 8.48. The van der Waals surface area contributed by atoms with Crippen molar-refractivity contribution in [2.45, 2.75) is 39.5 Å². The number of aromatic nitrogens is 1. The van der Waals surface area contributed by atoms with Gasteiger partial charge in [-0.15, -0.1) is 11.3 Å². The highest BCUT2D eigenvalue weighted by molar-refractivity contribution is 7.11. The first-order valence-electron chi connectivity index (χ1n) is 7.61. The summed E-state index contributed by atoms with van der Waals surface area (Å²) in [6, 6.07) is 5.92. The molecule has 0 bridgehead atoms. The smallest absolute Gasteiger partial charge is 0.309 e. The maximum absolute atomic E-state index is 12.3. The molecule has 5 nitrogen and oxygen atoms in total. The van der Waals surface area contributed by atoms with Crippen molar-refractivity contribution < 1.29 is 19.4 Å². The van der Waals surface area contributed by atoms with E-state index in [1.54, 1.807) is 5.38 Å². The van der Waals surface area contributed by atoms with Crippen molar-refractivity contribution >= 4 is 23.1 Å². The standard InChI is InChI=1S/C18H21NO4S/c1-11-6-5-7-13(18(2,3)4)16(11)23-9-14(20)17-19-12(10-24-17)8-15(21)22/h5-7,10H,8-9H2,1-4H3,(H,21,22). The van der Waals surface area contributed by atoms with E-state index in [1.165, 1.54) is 0 Å². The third-order valence-electron chi connectivity index (χ3n) is 3.49. The molecule has 1 aromatic heterocycles. The first kappa shape index (κ1) is 18.1. The van der Waals surface area contributed by atoms with E-state index >= 15 is 0 Å². The molecule has 24 heavy (non-hydrogen) atoms. The summed E-state index contributed by atoms with van der Waals surface area (Å²) in [5.41, 5.74) is 2.31. The lowest BCUT2D eigenvalue weighted by Crippen LogP contribution is -2.17. The van der Waals surface area contributed by atoms with Crippen molar-refractivity contribution in [1.29, 1.82) is 0 Å². The Kier molecular flexibility index (Phi) is 5.39. The van der Waals surface area contributed by atoms with Crippen LogP contribution in [0.25, 0.3) is 0 Å². The van der Waals surface area contributed by atoms with Crippen LogP contribution < -0.4 is 4.74 Å². The first-order chi connectivity index (χ1) is 11.2. The minimum absolute atomic E-state index is 0.0970. The van der Waals surface area contributed by atoms with Crippen LogP contribution in [0.2, 0.25) is 0 Å². The number of aliphatic carboxylic acids is 1. The minimum atomic E-state index is -0.967. The molecule has 128 valence electrons. The van der Waals surface area contributed by atoms with Crippen molar-refractivity contribution in [2.75, 3.05) is 6.61 Å². The van der Waals surface area contributed by atoms with Gasteiger partial charge in [0.2, 0.25) is 5.78 Å². The van der Waals surface area contributed by atoms with Gasteiger partial charge < -0.3 is 9.84 Å². The number of rotatable bonds is 6. The van der Waals surface area contributed by atoms with Gasteiger partial charge in [0, 0.05) is 5.38 Å². The topological polar surface area (TPSA) is 76.5 Å². The molecule has 0 spiro atoms. The number of benzene rings is 1. The van der Waals surface area contributed by atoms with Crippen LogP contribution in [-0.2, 0) is 16.6 Å². The number of carboxylic acid groups (broad SMARTS) is 1. The number of carboxylic acids is 1. The molecule has 0 saturated heterocycles. The molecule has 1 aromatic carbocycles. The van der Waals surface area contributed by atoms with E-state index in [-0.39, 0.29) is 29.2 Å². The van der Waals surface area contributed by atoms with E-state index in [9.17, 15) is 9.59 Å². The fourth-order valence-electron chi connectivity index (χ4n) is 2.31. The quantitative estimate of drug-likeness (QED) is 0.807. The number of para-hydroxylation sites is 1. The predicted molar refractivity (Wildman–Crippen MR) is 93.2 cm³/mol. The predicted octanol–water partition coefficient (Wildman–Crippen LogP) is 3.64. The van der Waals surface area contributed by atoms with Crippen LogP contribution in [0.15, 0.2) is 23.6 Å². The summed E-state index contributed by atoms with van der Waals surface area (Å²) in [4.78, 5) is 27.0. The van der Waals surface area contributed by atoms with Gasteiger partial charge in [-0.25, -0.2) is 4.98 Å². The normalized spacial score (nSPS) is 11.3. The molecule has 0 atom stereocenters. The fourth-order valence-corrected chi connectivity index (χ4v) is 3.05. The van der Waals surface area contributed by atoms with Gasteiger partial charge in [-0.1, -0.05) is 39.0 Å². The maximum Gasteiger partial charge on any atom is 0.309 e. The fraction of sp³-hybridized carbons (Fsp3) is 0.389. The highest BCUT2D eigenvalue weighted by Crippen LogP contribution is 2.33. The lowest BCUT2D eigenvalue weighted by Gasteiger charge is -2.23. The van der Waals surface area contributed by atoms with Gasteiger partial charge >= 0.3 is 5.97 Å². The second-order valence-corrected chi connectivity index (χ2v) is 7.49. The Hall–Kier alpha value is -2.21. The number of hydrogen-bond acceptors (Lipinski definition) is 5. The second kappa shape index (κ2) is 7.13. The molecule has 2 aromatic rings. The minimum Gasteiger partial charge on any atom is -0.485 e. The summed E-state index contributed by atoms with van der Waals surface area (Å²) < 4.78 is 5.80. The molecule has 0 radical (unpaired) electrons. The zero-order valence-electron chi connectivity index (χ0n) is 14.3. The lowest BCUT2D eigenvalue weighted by atomic mass is 9.85. The zero-order chi connectivity index (χ0) is 17.9. The molecule has 0 saturated carbocycles. The van der Waals surface area contributed by atoms with E-state index < -0.39 is 5.97 Å². The molecular formula is C18H21NO4S. The number of Topliss-reactive ketones (excluding diaryl/α,β-unsaturated/α-hetero) is 1. The Morgan fingerprint density at radius 1 is 1.29 bits per heavy atom. The maximum atomic E-state index is 12.3. The van der Waals surface area contributed by atoms with Gasteiger partial charge in [0.25, 0.3) is 0 Å². The summed E-state index contributed by atoms with van der Waals surface area (Å²) in [6.45, 7) is 8.11. The largest absolute Gasteiger partial charge is 0.485 e. The number of thiazole rings is 1. The van der Waals surface area contributed by atoms with Crippen molar-refractivity contribution in [1.82, 2.24) is 4.98 Å². The monoisotopic (exact) mass is 347 g/mol. The lowest BCUT2D eigenvalue weighted by molar-refractivity contribution is -0.136. The van der Waals surface area contributed by atoms with Crippen LogP contribution in [0.5, 0.6) is 5.75 Å². The molecule has 0 aliphatic heterocycles. The Labute approximate surface area is 145 Å². The molecule has 0 aliphatic carbocycles. The van der Waals surface area contributed by atoms with E-state index in [2.05, 4.69) is 25.8 Å². The second-order valence-electron chi connectivity index (χ2n) is 6.63. The molecule has 1 heterocycles. The Morgan fingerprint density at radius 2 is 2.00 bits per heavy atom. The molecule has 6 heteroatoms. The number of nitrogens with zero attached hydrogens (tertiary/aromatic N) is 1. The molecule has 0 unspecified atom stereocenters. The van der Waals surface area contributed by atoms with Crippen LogP contribution in [0.1, 0.15) is 47.4 Å². The summed E-state index contributed by atoms with van der Waals surface area (Å²) in [5.74, 6) is -0.495. The third kappa shape index (κ3) is 4.41. The van der Waals surface area contributed by atoms with Crippen LogP contribution >= 0.6 is 11.3 Å². The van der Waals surface area contributed by atoms with Gasteiger partial charge in [0.15, 0.2) is 11.6 Å². The summed E-state index contributed by atoms with van der Waals surface area (Å²) in [7, 11) is 0. The van der Waals surface area contributed by atoms with Crippen LogP contribution in [0.3, 0.4) is 0 Å². The van der Waals surface area contributed by atoms with E-state index in [0.717, 1.165) is 28.2 Å².